The molecule has 0 saturated heterocycles. The van der Waals surface area contributed by atoms with Crippen LogP contribution in [0.1, 0.15) is 120 Å². The summed E-state index contributed by atoms with van der Waals surface area (Å²) in [6.07, 6.45) is 11.8. The van der Waals surface area contributed by atoms with Gasteiger partial charge in [-0.05, 0) is 131 Å². The molecule has 0 aromatic heterocycles. The van der Waals surface area contributed by atoms with E-state index in [2.05, 4.69) is 33.0 Å². The van der Waals surface area contributed by atoms with Crippen molar-refractivity contribution in [2.75, 3.05) is 6.54 Å². The first-order valence-corrected chi connectivity index (χ1v) is 16.2. The summed E-state index contributed by atoms with van der Waals surface area (Å²) in [6, 6.07) is 0. The van der Waals surface area contributed by atoms with Crippen molar-refractivity contribution in [1.82, 2.24) is 5.32 Å². The van der Waals surface area contributed by atoms with E-state index in [-0.39, 0.29) is 18.2 Å². The Kier molecular flexibility index (Phi) is 8.07. The van der Waals surface area contributed by atoms with E-state index in [1.165, 1.54) is 49.9 Å². The number of amides is 1. The van der Waals surface area contributed by atoms with Gasteiger partial charge >= 0.3 is 12.1 Å². The molecule has 0 radical (unpaired) electrons. The van der Waals surface area contributed by atoms with E-state index in [0.29, 0.717) is 41.2 Å². The zero-order chi connectivity index (χ0) is 29.0. The van der Waals surface area contributed by atoms with Crippen LogP contribution in [0.25, 0.3) is 0 Å². The molecule has 1 heterocycles. The van der Waals surface area contributed by atoms with Crippen molar-refractivity contribution in [3.8, 4) is 0 Å². The fraction of sp³-hybridized carbons (Fsp3) is 0.882. The molecule has 4 saturated carbocycles. The van der Waals surface area contributed by atoms with Gasteiger partial charge in [0, 0.05) is 25.8 Å². The largest absolute Gasteiger partial charge is 0.494 e. The highest BCUT2D eigenvalue weighted by Crippen LogP contribution is 2.69. The van der Waals surface area contributed by atoms with Gasteiger partial charge in [-0.15, -0.1) is 0 Å². The Labute approximate surface area is 242 Å². The minimum Gasteiger partial charge on any atom is -0.494 e. The fourth-order valence-electron chi connectivity index (χ4n) is 10.2. The lowest BCUT2D eigenvalue weighted by Gasteiger charge is -2.61. The molecule has 1 amide bonds. The summed E-state index contributed by atoms with van der Waals surface area (Å²) < 4.78 is 17.8. The van der Waals surface area contributed by atoms with E-state index in [1.54, 1.807) is 6.92 Å². The van der Waals surface area contributed by atoms with Gasteiger partial charge in [0.05, 0.1) is 5.76 Å². The van der Waals surface area contributed by atoms with Crippen LogP contribution in [0.4, 0.5) is 4.79 Å². The molecule has 5 aliphatic rings. The Morgan fingerprint density at radius 3 is 2.48 bits per heavy atom. The standard InChI is InChI=1S/C34H55NO5/c1-20(19-35-31(37)40-32(4,5)6)9-12-28-21(2)30-29(39-28)18-27-25-11-10-23-17-24(38-22(3)36)13-15-33(23,7)26(25)14-16-34(27,30)8/h20,23-27,29-30H,9-19H2,1-8H3,(H,35,37)/t20-,23-,24-,25+,26-,27-,29-,30?,33-,34-/m0/s1. The Bertz CT molecular complexity index is 1010. The van der Waals surface area contributed by atoms with Crippen LogP contribution < -0.4 is 5.32 Å². The summed E-state index contributed by atoms with van der Waals surface area (Å²) in [5.41, 5.74) is 1.75. The second-order valence-electron chi connectivity index (χ2n) is 15.7. The minimum atomic E-state index is -0.473. The molecule has 0 aromatic rings. The molecular formula is C34H55NO5. The number of fused-ring (bicyclic) bond motifs is 7. The van der Waals surface area contributed by atoms with Crippen LogP contribution >= 0.6 is 0 Å². The Hall–Kier alpha value is -1.72. The topological polar surface area (TPSA) is 73.9 Å². The fourth-order valence-corrected chi connectivity index (χ4v) is 10.2. The van der Waals surface area contributed by atoms with Gasteiger partial charge in [0.1, 0.15) is 17.8 Å². The van der Waals surface area contributed by atoms with Crippen LogP contribution in [0.5, 0.6) is 0 Å². The van der Waals surface area contributed by atoms with Gasteiger partial charge in [-0.3, -0.25) is 4.79 Å². The van der Waals surface area contributed by atoms with Crippen LogP contribution in [0.3, 0.4) is 0 Å². The highest BCUT2D eigenvalue weighted by molar-refractivity contribution is 5.67. The third kappa shape index (κ3) is 5.54. The second-order valence-corrected chi connectivity index (χ2v) is 15.7. The highest BCUT2D eigenvalue weighted by atomic mass is 16.6. The second kappa shape index (κ2) is 10.8. The third-order valence-electron chi connectivity index (χ3n) is 12.0. The number of esters is 1. The predicted molar refractivity (Wildman–Crippen MR) is 156 cm³/mol. The van der Waals surface area contributed by atoms with Crippen LogP contribution in [-0.2, 0) is 19.0 Å². The maximum Gasteiger partial charge on any atom is 0.407 e. The zero-order valence-corrected chi connectivity index (χ0v) is 26.4. The summed E-state index contributed by atoms with van der Waals surface area (Å²) in [7, 11) is 0. The first kappa shape index (κ1) is 29.8. The lowest BCUT2D eigenvalue weighted by atomic mass is 9.44. The van der Waals surface area contributed by atoms with Gasteiger partial charge in [-0.1, -0.05) is 20.8 Å². The molecule has 4 aliphatic carbocycles. The molecule has 1 N–H and O–H groups in total. The predicted octanol–water partition coefficient (Wildman–Crippen LogP) is 7.80. The number of carbonyl (C=O) groups is 2. The number of hydrogen-bond acceptors (Lipinski definition) is 5. The van der Waals surface area contributed by atoms with E-state index >= 15 is 0 Å². The van der Waals surface area contributed by atoms with Crippen molar-refractivity contribution < 1.29 is 23.8 Å². The molecule has 1 unspecified atom stereocenters. The van der Waals surface area contributed by atoms with Crippen molar-refractivity contribution in [1.29, 1.82) is 0 Å². The van der Waals surface area contributed by atoms with E-state index in [4.69, 9.17) is 14.2 Å². The molecular weight excluding hydrogens is 502 g/mol. The number of alkyl carbamates (subject to hydrolysis) is 1. The number of nitrogens with one attached hydrogen (secondary N) is 1. The number of rotatable bonds is 6. The Morgan fingerprint density at radius 1 is 1.05 bits per heavy atom. The third-order valence-corrected chi connectivity index (χ3v) is 12.0. The molecule has 0 spiro atoms. The van der Waals surface area contributed by atoms with E-state index < -0.39 is 5.60 Å². The molecule has 10 atom stereocenters. The zero-order valence-electron chi connectivity index (χ0n) is 26.4. The molecule has 6 nitrogen and oxygen atoms in total. The van der Waals surface area contributed by atoms with Crippen molar-refractivity contribution in [3.63, 3.8) is 0 Å². The van der Waals surface area contributed by atoms with Gasteiger partial charge in [0.25, 0.3) is 0 Å². The highest BCUT2D eigenvalue weighted by Gasteiger charge is 2.64. The lowest BCUT2D eigenvalue weighted by molar-refractivity contribution is -0.159. The van der Waals surface area contributed by atoms with E-state index in [1.807, 2.05) is 20.8 Å². The number of hydrogen-bond donors (Lipinski definition) is 1. The van der Waals surface area contributed by atoms with Gasteiger partial charge in [-0.2, -0.15) is 0 Å². The average Bonchev–Trinajstić information content (AvgIpc) is 3.33. The van der Waals surface area contributed by atoms with Gasteiger partial charge in [0.15, 0.2) is 0 Å². The molecule has 4 fully saturated rings. The monoisotopic (exact) mass is 557 g/mol. The molecule has 226 valence electrons. The van der Waals surface area contributed by atoms with E-state index in [0.717, 1.165) is 43.4 Å². The maximum absolute atomic E-state index is 12.0. The first-order valence-electron chi connectivity index (χ1n) is 16.2. The summed E-state index contributed by atoms with van der Waals surface area (Å²) in [5.74, 6) is 5.05. The first-order chi connectivity index (χ1) is 18.7. The summed E-state index contributed by atoms with van der Waals surface area (Å²) in [5, 5.41) is 2.93. The van der Waals surface area contributed by atoms with Crippen LogP contribution in [0.2, 0.25) is 0 Å². The van der Waals surface area contributed by atoms with Crippen LogP contribution in [-0.4, -0.2) is 36.4 Å². The molecule has 6 heteroatoms. The van der Waals surface area contributed by atoms with Crippen molar-refractivity contribution >= 4 is 12.1 Å². The number of allylic oxidation sites excluding steroid dienone is 1. The van der Waals surface area contributed by atoms with Gasteiger partial charge < -0.3 is 19.5 Å². The summed E-state index contributed by atoms with van der Waals surface area (Å²) in [6.45, 7) is 17.6. The smallest absolute Gasteiger partial charge is 0.407 e. The van der Waals surface area contributed by atoms with Crippen molar-refractivity contribution in [2.24, 2.45) is 46.3 Å². The van der Waals surface area contributed by atoms with Crippen LogP contribution in [0, 0.1) is 46.3 Å². The minimum absolute atomic E-state index is 0.122. The summed E-state index contributed by atoms with van der Waals surface area (Å²) >= 11 is 0. The SMILES string of the molecule is CC(=O)O[C@H]1CC[C@@]2(C)[C@@H](CC[C@@H]3[C@@H]2CC[C@]2(C)C4C(C)=C(CC[C@H](C)CNC(=O)OC(C)(C)C)O[C@H]4C[C@@H]32)C1. The van der Waals surface area contributed by atoms with Crippen LogP contribution in [0.15, 0.2) is 11.3 Å². The molecule has 1 aliphatic heterocycles. The van der Waals surface area contributed by atoms with E-state index in [9.17, 15) is 9.59 Å². The molecule has 5 rings (SSSR count). The quantitative estimate of drug-likeness (QED) is 0.337. The number of carbonyl (C=O) groups excluding carboxylic acids is 2. The van der Waals surface area contributed by atoms with Crippen molar-refractivity contribution in [3.05, 3.63) is 11.3 Å². The van der Waals surface area contributed by atoms with Crippen molar-refractivity contribution in [2.45, 2.75) is 137 Å². The lowest BCUT2D eigenvalue weighted by Crippen LogP contribution is -2.54. The Balaban J connectivity index is 1.19. The van der Waals surface area contributed by atoms with Gasteiger partial charge in [0.2, 0.25) is 0 Å². The maximum atomic E-state index is 12.0. The summed E-state index contributed by atoms with van der Waals surface area (Å²) in [4.78, 5) is 23.6. The average molecular weight is 558 g/mol. The normalized spacial score (nSPS) is 41.1. The Morgan fingerprint density at radius 2 is 1.77 bits per heavy atom. The van der Waals surface area contributed by atoms with Gasteiger partial charge in [-0.25, -0.2) is 4.79 Å². The molecule has 0 aromatic carbocycles. The number of ether oxygens (including phenoxy) is 3. The molecule has 40 heavy (non-hydrogen) atoms. The molecule has 0 bridgehead atoms.